The maximum atomic E-state index is 11.7. The zero-order valence-corrected chi connectivity index (χ0v) is 17.1. The molecule has 0 aromatic heterocycles. The van der Waals surface area contributed by atoms with E-state index in [-0.39, 0.29) is 36.9 Å². The lowest BCUT2D eigenvalue weighted by molar-refractivity contribution is -0.147. The Hall–Kier alpha value is 0.0300. The molecule has 1 unspecified atom stereocenters. The molecule has 7 heteroatoms. The van der Waals surface area contributed by atoms with E-state index in [1.165, 1.54) is 38.5 Å². The second kappa shape index (κ2) is 12.4. The molecule has 0 amide bonds. The van der Waals surface area contributed by atoms with E-state index < -0.39 is 7.60 Å². The Morgan fingerprint density at radius 3 is 2.44 bits per heavy atom. The molecule has 0 radical (unpaired) electrons. The molecule has 3 N–H and O–H groups in total. The first-order chi connectivity index (χ1) is 11.9. The predicted molar refractivity (Wildman–Crippen MR) is 101 cm³/mol. The minimum absolute atomic E-state index is 0.00886. The van der Waals surface area contributed by atoms with Crippen LogP contribution in [0.4, 0.5) is 0 Å². The lowest BCUT2D eigenvalue weighted by atomic mass is 9.84. The molecule has 1 saturated heterocycles. The van der Waals surface area contributed by atoms with Gasteiger partial charge in [-0.25, -0.2) is 0 Å². The highest BCUT2D eigenvalue weighted by Gasteiger charge is 2.39. The van der Waals surface area contributed by atoms with Crippen LogP contribution in [0.2, 0.25) is 0 Å². The average molecular weight is 379 g/mol. The van der Waals surface area contributed by atoms with E-state index in [0.29, 0.717) is 6.61 Å². The second-order valence-electron chi connectivity index (χ2n) is 7.24. The summed E-state index contributed by atoms with van der Waals surface area (Å²) in [5.74, 6) is 0.195. The van der Waals surface area contributed by atoms with Gasteiger partial charge in [-0.05, 0) is 6.42 Å². The summed E-state index contributed by atoms with van der Waals surface area (Å²) in [6.07, 6.45) is 9.33. The highest BCUT2D eigenvalue weighted by molar-refractivity contribution is 7.52. The van der Waals surface area contributed by atoms with Gasteiger partial charge >= 0.3 is 7.60 Å². The van der Waals surface area contributed by atoms with Crippen LogP contribution < -0.4 is 5.73 Å². The van der Waals surface area contributed by atoms with Crippen molar-refractivity contribution in [1.29, 1.82) is 0 Å². The molecule has 1 aliphatic heterocycles. The van der Waals surface area contributed by atoms with Gasteiger partial charge in [0.2, 0.25) is 0 Å². The Labute approximate surface area is 153 Å². The third-order valence-electron chi connectivity index (χ3n) is 5.10. The van der Waals surface area contributed by atoms with Crippen LogP contribution in [0.25, 0.3) is 0 Å². The van der Waals surface area contributed by atoms with E-state index in [1.807, 2.05) is 0 Å². The fraction of sp³-hybridized carbons (Fsp3) is 1.00. The van der Waals surface area contributed by atoms with Gasteiger partial charge in [0.25, 0.3) is 0 Å². The second-order valence-corrected chi connectivity index (χ2v) is 9.14. The topological polar surface area (TPSA) is 91.0 Å². The first kappa shape index (κ1) is 23.1. The van der Waals surface area contributed by atoms with Crippen molar-refractivity contribution in [1.82, 2.24) is 0 Å². The van der Waals surface area contributed by atoms with Crippen molar-refractivity contribution in [2.45, 2.75) is 77.4 Å². The van der Waals surface area contributed by atoms with Crippen molar-refractivity contribution in [2.24, 2.45) is 17.6 Å². The van der Waals surface area contributed by atoms with Crippen LogP contribution in [0.5, 0.6) is 0 Å². The van der Waals surface area contributed by atoms with Gasteiger partial charge < -0.3 is 24.6 Å². The van der Waals surface area contributed by atoms with Gasteiger partial charge in [0.05, 0.1) is 31.7 Å². The fourth-order valence-corrected chi connectivity index (χ4v) is 4.10. The molecule has 0 bridgehead atoms. The molecule has 1 fully saturated rings. The van der Waals surface area contributed by atoms with Crippen LogP contribution in [0.3, 0.4) is 0 Å². The fourth-order valence-electron chi connectivity index (χ4n) is 3.59. The van der Waals surface area contributed by atoms with Crippen LogP contribution >= 0.6 is 7.60 Å². The molecule has 0 aromatic carbocycles. The summed E-state index contributed by atoms with van der Waals surface area (Å²) in [7, 11) is -2.02. The maximum Gasteiger partial charge on any atom is 0.341 e. The number of hydrogen-bond donors (Lipinski definition) is 2. The Bertz CT molecular complexity index is 396. The lowest BCUT2D eigenvalue weighted by Crippen LogP contribution is -2.48. The summed E-state index contributed by atoms with van der Waals surface area (Å²) in [5.41, 5.74) is 5.30. The van der Waals surface area contributed by atoms with Gasteiger partial charge in [-0.2, -0.15) is 0 Å². The van der Waals surface area contributed by atoms with Crippen LogP contribution in [0.1, 0.15) is 65.2 Å². The summed E-state index contributed by atoms with van der Waals surface area (Å²) in [5, 5.41) is 0. The smallest absolute Gasteiger partial charge is 0.341 e. The van der Waals surface area contributed by atoms with Crippen molar-refractivity contribution >= 4 is 7.60 Å². The van der Waals surface area contributed by atoms with E-state index >= 15 is 0 Å². The summed E-state index contributed by atoms with van der Waals surface area (Å²) >= 11 is 0. The molecule has 150 valence electrons. The Morgan fingerprint density at radius 2 is 1.84 bits per heavy atom. The third-order valence-corrected chi connectivity index (χ3v) is 6.11. The molecule has 0 aromatic rings. The van der Waals surface area contributed by atoms with E-state index in [1.54, 1.807) is 7.11 Å². The number of rotatable bonds is 13. The first-order valence-corrected chi connectivity index (χ1v) is 11.5. The zero-order valence-electron chi connectivity index (χ0n) is 16.2. The van der Waals surface area contributed by atoms with Gasteiger partial charge in [-0.15, -0.1) is 0 Å². The molecule has 5 atom stereocenters. The number of nitrogens with two attached hydrogens (primary N) is 1. The highest BCUT2D eigenvalue weighted by atomic mass is 31.2. The van der Waals surface area contributed by atoms with Gasteiger partial charge in [0.15, 0.2) is 0 Å². The standard InChI is InChI=1S/C18H38NO5P/c1-4-5-6-7-8-9-10-11-17-16(13-24-25(20,21)14-19)18(22-3)15(2)12-23-17/h15-18H,4-14,19H2,1-3H3,(H,20,21)/t15-,16+,17-,18-/m0/s1. The van der Waals surface area contributed by atoms with Crippen molar-refractivity contribution in [3.63, 3.8) is 0 Å². The largest absolute Gasteiger partial charge is 0.381 e. The Balaban J connectivity index is 2.48. The van der Waals surface area contributed by atoms with E-state index in [0.717, 1.165) is 12.8 Å². The summed E-state index contributed by atoms with van der Waals surface area (Å²) in [6.45, 7) is 5.11. The van der Waals surface area contributed by atoms with Crippen LogP contribution in [-0.4, -0.2) is 43.7 Å². The molecular formula is C18H38NO5P. The summed E-state index contributed by atoms with van der Waals surface area (Å²) in [4.78, 5) is 9.61. The molecule has 0 spiro atoms. The van der Waals surface area contributed by atoms with Crippen molar-refractivity contribution in [3.8, 4) is 0 Å². The molecule has 1 rings (SSSR count). The van der Waals surface area contributed by atoms with E-state index in [9.17, 15) is 9.46 Å². The summed E-state index contributed by atoms with van der Waals surface area (Å²) in [6, 6.07) is 0. The zero-order chi connectivity index (χ0) is 18.7. The van der Waals surface area contributed by atoms with Gasteiger partial charge in [0.1, 0.15) is 0 Å². The molecule has 6 nitrogen and oxygen atoms in total. The monoisotopic (exact) mass is 379 g/mol. The predicted octanol–water partition coefficient (Wildman–Crippen LogP) is 3.91. The van der Waals surface area contributed by atoms with Crippen molar-refractivity contribution in [2.75, 3.05) is 26.6 Å². The van der Waals surface area contributed by atoms with Gasteiger partial charge in [-0.1, -0.05) is 58.8 Å². The minimum Gasteiger partial charge on any atom is -0.381 e. The normalized spacial score (nSPS) is 29.5. The SMILES string of the molecule is CCCCCCCCC[C@@H]1OC[C@H](C)[C@H](OC)[C@@H]1COP(=O)(O)CN. The number of ether oxygens (including phenoxy) is 2. The molecule has 1 aliphatic rings. The van der Waals surface area contributed by atoms with E-state index in [4.69, 9.17) is 19.7 Å². The van der Waals surface area contributed by atoms with Gasteiger partial charge in [-0.3, -0.25) is 4.57 Å². The Kier molecular flexibility index (Phi) is 11.5. The average Bonchev–Trinajstić information content (AvgIpc) is 2.60. The van der Waals surface area contributed by atoms with Crippen LogP contribution in [-0.2, 0) is 18.6 Å². The van der Waals surface area contributed by atoms with Gasteiger partial charge in [0, 0.05) is 18.9 Å². The maximum absolute atomic E-state index is 11.7. The van der Waals surface area contributed by atoms with Crippen molar-refractivity contribution in [3.05, 3.63) is 0 Å². The molecule has 25 heavy (non-hydrogen) atoms. The van der Waals surface area contributed by atoms with Crippen LogP contribution in [0, 0.1) is 11.8 Å². The number of unbranched alkanes of at least 4 members (excludes halogenated alkanes) is 6. The molecule has 1 heterocycles. The van der Waals surface area contributed by atoms with Crippen LogP contribution in [0.15, 0.2) is 0 Å². The third kappa shape index (κ3) is 8.51. The number of hydrogen-bond acceptors (Lipinski definition) is 5. The number of methoxy groups -OCH3 is 1. The minimum atomic E-state index is -3.70. The Morgan fingerprint density at radius 1 is 1.20 bits per heavy atom. The highest BCUT2D eigenvalue weighted by Crippen LogP contribution is 2.42. The molecule has 0 saturated carbocycles. The molecule has 0 aliphatic carbocycles. The van der Waals surface area contributed by atoms with Crippen molar-refractivity contribution < 1.29 is 23.5 Å². The lowest BCUT2D eigenvalue weighted by Gasteiger charge is -2.41. The summed E-state index contributed by atoms with van der Waals surface area (Å²) < 4.78 is 28.6. The van der Waals surface area contributed by atoms with E-state index in [2.05, 4.69) is 13.8 Å². The first-order valence-electron chi connectivity index (χ1n) is 9.76. The quantitative estimate of drug-likeness (QED) is 0.372. The molecular weight excluding hydrogens is 341 g/mol.